The lowest BCUT2D eigenvalue weighted by molar-refractivity contribution is 0.170. The number of benzene rings is 1. The van der Waals surface area contributed by atoms with Gasteiger partial charge in [-0.05, 0) is 18.4 Å². The second-order valence-electron chi connectivity index (χ2n) is 4.32. The van der Waals surface area contributed by atoms with Crippen molar-refractivity contribution in [1.29, 1.82) is 0 Å². The zero-order valence-corrected chi connectivity index (χ0v) is 9.02. The first kappa shape index (κ1) is 10.7. The smallest absolute Gasteiger partial charge is 0.0914 e. The molecule has 0 amide bonds. The van der Waals surface area contributed by atoms with Crippen LogP contribution >= 0.6 is 0 Å². The average Bonchev–Trinajstić information content (AvgIpc) is 2.80. The van der Waals surface area contributed by atoms with Crippen molar-refractivity contribution in [3.05, 3.63) is 35.9 Å². The summed E-state index contributed by atoms with van der Waals surface area (Å²) in [7, 11) is 0. The maximum Gasteiger partial charge on any atom is 0.0914 e. The molecule has 0 radical (unpaired) electrons. The standard InChI is InChI=1S/C13H19NO/c15-13(11-6-2-1-3-7-11)10-14-12-8-4-5-9-12/h1-3,6-7,12-15H,4-5,8-10H2/t13-/m0/s1. The van der Waals surface area contributed by atoms with Gasteiger partial charge < -0.3 is 10.4 Å². The number of aliphatic hydroxyl groups is 1. The first-order valence-corrected chi connectivity index (χ1v) is 5.82. The summed E-state index contributed by atoms with van der Waals surface area (Å²) in [5, 5.41) is 13.3. The molecule has 0 bridgehead atoms. The highest BCUT2D eigenvalue weighted by atomic mass is 16.3. The number of hydrogen-bond donors (Lipinski definition) is 2. The predicted molar refractivity (Wildman–Crippen MR) is 61.7 cm³/mol. The second kappa shape index (κ2) is 5.29. The summed E-state index contributed by atoms with van der Waals surface area (Å²) in [4.78, 5) is 0. The van der Waals surface area contributed by atoms with E-state index in [-0.39, 0.29) is 6.10 Å². The SMILES string of the molecule is O[C@@H](CNC1CCCC1)c1ccccc1. The molecule has 0 aliphatic heterocycles. The molecule has 2 heteroatoms. The van der Waals surface area contributed by atoms with Crippen molar-refractivity contribution < 1.29 is 5.11 Å². The van der Waals surface area contributed by atoms with Crippen LogP contribution in [-0.2, 0) is 0 Å². The highest BCUT2D eigenvalue weighted by Gasteiger charge is 2.15. The van der Waals surface area contributed by atoms with Crippen LogP contribution in [0.5, 0.6) is 0 Å². The van der Waals surface area contributed by atoms with E-state index in [1.165, 1.54) is 25.7 Å². The zero-order chi connectivity index (χ0) is 10.5. The lowest BCUT2D eigenvalue weighted by Gasteiger charge is -2.16. The van der Waals surface area contributed by atoms with Gasteiger partial charge in [-0.3, -0.25) is 0 Å². The van der Waals surface area contributed by atoms with Crippen LogP contribution in [0.25, 0.3) is 0 Å². The molecule has 2 N–H and O–H groups in total. The van der Waals surface area contributed by atoms with Gasteiger partial charge in [-0.25, -0.2) is 0 Å². The summed E-state index contributed by atoms with van der Waals surface area (Å²) in [6.45, 7) is 0.675. The van der Waals surface area contributed by atoms with Crippen molar-refractivity contribution in [2.24, 2.45) is 0 Å². The van der Waals surface area contributed by atoms with Crippen LogP contribution in [0.2, 0.25) is 0 Å². The Labute approximate surface area is 91.3 Å². The Kier molecular flexibility index (Phi) is 3.75. The van der Waals surface area contributed by atoms with E-state index in [1.807, 2.05) is 30.3 Å². The van der Waals surface area contributed by atoms with E-state index in [0.29, 0.717) is 12.6 Å². The largest absolute Gasteiger partial charge is 0.387 e. The number of aliphatic hydroxyl groups excluding tert-OH is 1. The van der Waals surface area contributed by atoms with E-state index in [9.17, 15) is 5.11 Å². The number of nitrogens with one attached hydrogen (secondary N) is 1. The summed E-state index contributed by atoms with van der Waals surface area (Å²) < 4.78 is 0. The molecule has 1 atom stereocenters. The number of hydrogen-bond acceptors (Lipinski definition) is 2. The summed E-state index contributed by atoms with van der Waals surface area (Å²) in [6.07, 6.45) is 4.83. The molecule has 0 aromatic heterocycles. The van der Waals surface area contributed by atoms with E-state index in [4.69, 9.17) is 0 Å². The highest BCUT2D eigenvalue weighted by molar-refractivity contribution is 5.17. The molecule has 1 saturated carbocycles. The van der Waals surface area contributed by atoms with Gasteiger partial charge in [0.25, 0.3) is 0 Å². The van der Waals surface area contributed by atoms with Gasteiger partial charge in [0.1, 0.15) is 0 Å². The van der Waals surface area contributed by atoms with E-state index in [2.05, 4.69) is 5.32 Å². The Bertz CT molecular complexity index is 280. The fourth-order valence-corrected chi connectivity index (χ4v) is 2.20. The van der Waals surface area contributed by atoms with Gasteiger partial charge >= 0.3 is 0 Å². The third-order valence-electron chi connectivity index (χ3n) is 3.14. The van der Waals surface area contributed by atoms with Gasteiger partial charge in [-0.1, -0.05) is 43.2 Å². The van der Waals surface area contributed by atoms with Crippen LogP contribution in [0.4, 0.5) is 0 Å². The van der Waals surface area contributed by atoms with Crippen LogP contribution in [0.15, 0.2) is 30.3 Å². The molecule has 1 aliphatic rings. The van der Waals surface area contributed by atoms with Crippen molar-refractivity contribution in [1.82, 2.24) is 5.32 Å². The monoisotopic (exact) mass is 205 g/mol. The Balaban J connectivity index is 1.79. The van der Waals surface area contributed by atoms with E-state index >= 15 is 0 Å². The lowest BCUT2D eigenvalue weighted by atomic mass is 10.1. The van der Waals surface area contributed by atoms with E-state index < -0.39 is 0 Å². The van der Waals surface area contributed by atoms with Crippen molar-refractivity contribution in [3.63, 3.8) is 0 Å². The molecular formula is C13H19NO. The second-order valence-corrected chi connectivity index (χ2v) is 4.32. The molecule has 1 aliphatic carbocycles. The third-order valence-corrected chi connectivity index (χ3v) is 3.14. The van der Waals surface area contributed by atoms with Crippen LogP contribution < -0.4 is 5.32 Å². The fourth-order valence-electron chi connectivity index (χ4n) is 2.20. The summed E-state index contributed by atoms with van der Waals surface area (Å²) in [6, 6.07) is 10.5. The van der Waals surface area contributed by atoms with Crippen LogP contribution in [-0.4, -0.2) is 17.7 Å². The molecule has 2 nitrogen and oxygen atoms in total. The van der Waals surface area contributed by atoms with Crippen LogP contribution in [0.1, 0.15) is 37.4 Å². The maximum absolute atomic E-state index is 9.92. The molecular weight excluding hydrogens is 186 g/mol. The minimum absolute atomic E-state index is 0.369. The highest BCUT2D eigenvalue weighted by Crippen LogP contribution is 2.18. The first-order valence-electron chi connectivity index (χ1n) is 5.82. The lowest BCUT2D eigenvalue weighted by Crippen LogP contribution is -2.30. The number of rotatable bonds is 4. The molecule has 0 spiro atoms. The topological polar surface area (TPSA) is 32.3 Å². The quantitative estimate of drug-likeness (QED) is 0.790. The Morgan fingerprint density at radius 2 is 1.87 bits per heavy atom. The normalized spacial score (nSPS) is 19.3. The Morgan fingerprint density at radius 1 is 1.20 bits per heavy atom. The molecule has 82 valence electrons. The Hall–Kier alpha value is -0.860. The van der Waals surface area contributed by atoms with E-state index in [0.717, 1.165) is 5.56 Å². The minimum Gasteiger partial charge on any atom is -0.387 e. The maximum atomic E-state index is 9.92. The van der Waals surface area contributed by atoms with Crippen molar-refractivity contribution in [2.75, 3.05) is 6.54 Å². The van der Waals surface area contributed by atoms with Crippen molar-refractivity contribution >= 4 is 0 Å². The third kappa shape index (κ3) is 3.05. The first-order chi connectivity index (χ1) is 7.36. The van der Waals surface area contributed by atoms with Gasteiger partial charge in [-0.15, -0.1) is 0 Å². The summed E-state index contributed by atoms with van der Waals surface area (Å²) in [5.41, 5.74) is 1.00. The van der Waals surface area contributed by atoms with Gasteiger partial charge in [0.2, 0.25) is 0 Å². The Morgan fingerprint density at radius 3 is 2.53 bits per heavy atom. The van der Waals surface area contributed by atoms with Crippen molar-refractivity contribution in [2.45, 2.75) is 37.8 Å². The molecule has 0 heterocycles. The summed E-state index contributed by atoms with van der Waals surface area (Å²) >= 11 is 0. The molecule has 1 aromatic rings. The predicted octanol–water partition coefficient (Wildman–Crippen LogP) is 2.25. The van der Waals surface area contributed by atoms with Gasteiger partial charge in [-0.2, -0.15) is 0 Å². The molecule has 1 fully saturated rings. The minimum atomic E-state index is -0.369. The van der Waals surface area contributed by atoms with Crippen molar-refractivity contribution in [3.8, 4) is 0 Å². The summed E-state index contributed by atoms with van der Waals surface area (Å²) in [5.74, 6) is 0. The average molecular weight is 205 g/mol. The molecule has 1 aromatic carbocycles. The van der Waals surface area contributed by atoms with Crippen LogP contribution in [0.3, 0.4) is 0 Å². The zero-order valence-electron chi connectivity index (χ0n) is 9.02. The molecule has 0 unspecified atom stereocenters. The fraction of sp³-hybridized carbons (Fsp3) is 0.538. The van der Waals surface area contributed by atoms with Gasteiger partial charge in [0.15, 0.2) is 0 Å². The van der Waals surface area contributed by atoms with E-state index in [1.54, 1.807) is 0 Å². The van der Waals surface area contributed by atoms with Crippen LogP contribution in [0, 0.1) is 0 Å². The molecule has 0 saturated heterocycles. The molecule has 2 rings (SSSR count). The molecule has 15 heavy (non-hydrogen) atoms. The van der Waals surface area contributed by atoms with Gasteiger partial charge in [0.05, 0.1) is 6.10 Å². The van der Waals surface area contributed by atoms with Gasteiger partial charge in [0, 0.05) is 12.6 Å².